The highest BCUT2D eigenvalue weighted by molar-refractivity contribution is 6.35. The van der Waals surface area contributed by atoms with Crippen LogP contribution in [-0.4, -0.2) is 15.8 Å². The first kappa shape index (κ1) is 17.8. The van der Waals surface area contributed by atoms with E-state index >= 15 is 0 Å². The summed E-state index contributed by atoms with van der Waals surface area (Å²) in [5.41, 5.74) is 0.0737. The Labute approximate surface area is 138 Å². The molecule has 0 radical (unpaired) electrons. The normalized spacial score (nSPS) is 12.7. The molecule has 0 saturated carbocycles. The molecular formula is C16H19ClF3N3. The Balaban J connectivity index is 2.72. The lowest BCUT2D eigenvalue weighted by Gasteiger charge is -2.13. The summed E-state index contributed by atoms with van der Waals surface area (Å²) in [5.74, 6) is 0.642. The summed E-state index contributed by atoms with van der Waals surface area (Å²) < 4.78 is 41.5. The fraction of sp³-hybridized carbons (Fsp3) is 0.500. The monoisotopic (exact) mass is 345 g/mol. The second-order valence-corrected chi connectivity index (χ2v) is 5.69. The molecule has 2 rings (SSSR count). The number of aryl methyl sites for hydroxylation is 2. The Bertz CT molecular complexity index is 732. The van der Waals surface area contributed by atoms with E-state index in [1.807, 2.05) is 18.4 Å². The molecule has 0 aliphatic carbocycles. The van der Waals surface area contributed by atoms with Crippen LogP contribution in [0.4, 0.5) is 18.9 Å². The molecule has 1 heterocycles. The Kier molecular flexibility index (Phi) is 5.34. The van der Waals surface area contributed by atoms with E-state index in [-0.39, 0.29) is 16.2 Å². The molecule has 126 valence electrons. The van der Waals surface area contributed by atoms with E-state index in [0.29, 0.717) is 24.3 Å². The van der Waals surface area contributed by atoms with Crippen molar-refractivity contribution >= 4 is 34.5 Å². The van der Waals surface area contributed by atoms with Crippen molar-refractivity contribution in [2.75, 3.05) is 0 Å². The van der Waals surface area contributed by atoms with Gasteiger partial charge >= 0.3 is 6.18 Å². The maximum absolute atomic E-state index is 13.2. The van der Waals surface area contributed by atoms with Crippen molar-refractivity contribution in [2.45, 2.75) is 52.8 Å². The zero-order valence-electron chi connectivity index (χ0n) is 13.3. The van der Waals surface area contributed by atoms with Crippen molar-refractivity contribution in [1.82, 2.24) is 9.55 Å². The maximum Gasteiger partial charge on any atom is 0.418 e. The Hall–Kier alpha value is -1.56. The van der Waals surface area contributed by atoms with Gasteiger partial charge in [-0.1, -0.05) is 24.9 Å². The molecule has 0 unspecified atom stereocenters. The van der Waals surface area contributed by atoms with Crippen molar-refractivity contribution in [1.29, 1.82) is 0 Å². The van der Waals surface area contributed by atoms with Crippen molar-refractivity contribution < 1.29 is 13.2 Å². The minimum Gasteiger partial charge on any atom is -0.327 e. The lowest BCUT2D eigenvalue weighted by Crippen LogP contribution is -2.06. The summed E-state index contributed by atoms with van der Waals surface area (Å²) in [5, 5.41) is -0.368. The SMILES string of the molecule is CCCCC=Nc1c(Cl)c(C(F)(F)F)cc2nc(C)n(CC)c12. The maximum atomic E-state index is 13.2. The Morgan fingerprint density at radius 2 is 2.04 bits per heavy atom. The standard InChI is InChI=1S/C16H19ClF3N3/c1-4-6-7-8-21-14-13(17)11(16(18,19)20)9-12-15(14)23(5-2)10(3)22-12/h8-9H,4-7H2,1-3H3. The average molecular weight is 346 g/mol. The fourth-order valence-electron chi connectivity index (χ4n) is 2.53. The van der Waals surface area contributed by atoms with E-state index in [9.17, 15) is 13.2 Å². The smallest absolute Gasteiger partial charge is 0.327 e. The van der Waals surface area contributed by atoms with Gasteiger partial charge in [0.2, 0.25) is 0 Å². The van der Waals surface area contributed by atoms with Crippen LogP contribution in [0.15, 0.2) is 11.1 Å². The molecule has 0 atom stereocenters. The second-order valence-electron chi connectivity index (χ2n) is 5.31. The van der Waals surface area contributed by atoms with Crippen LogP contribution in [0, 0.1) is 6.92 Å². The molecule has 0 N–H and O–H groups in total. The number of benzene rings is 1. The highest BCUT2D eigenvalue weighted by Crippen LogP contribution is 2.43. The third-order valence-electron chi connectivity index (χ3n) is 3.66. The number of alkyl halides is 3. The van der Waals surface area contributed by atoms with Gasteiger partial charge in [0.25, 0.3) is 0 Å². The van der Waals surface area contributed by atoms with E-state index in [1.165, 1.54) is 0 Å². The molecule has 2 aromatic rings. The van der Waals surface area contributed by atoms with Crippen LogP contribution in [0.3, 0.4) is 0 Å². The number of imidazole rings is 1. The molecule has 1 aromatic carbocycles. The summed E-state index contributed by atoms with van der Waals surface area (Å²) in [4.78, 5) is 8.48. The lowest BCUT2D eigenvalue weighted by atomic mass is 10.1. The lowest BCUT2D eigenvalue weighted by molar-refractivity contribution is -0.137. The van der Waals surface area contributed by atoms with Gasteiger partial charge in [0, 0.05) is 12.8 Å². The summed E-state index contributed by atoms with van der Waals surface area (Å²) in [6.45, 7) is 6.29. The number of hydrogen-bond acceptors (Lipinski definition) is 2. The van der Waals surface area contributed by atoms with E-state index in [1.54, 1.807) is 13.1 Å². The van der Waals surface area contributed by atoms with Crippen molar-refractivity contribution in [3.8, 4) is 0 Å². The molecule has 23 heavy (non-hydrogen) atoms. The topological polar surface area (TPSA) is 30.2 Å². The number of rotatable bonds is 5. The first-order valence-electron chi connectivity index (χ1n) is 7.60. The average Bonchev–Trinajstić information content (AvgIpc) is 2.79. The first-order valence-corrected chi connectivity index (χ1v) is 7.98. The van der Waals surface area contributed by atoms with E-state index in [2.05, 4.69) is 9.98 Å². The number of hydrogen-bond donors (Lipinski definition) is 0. The van der Waals surface area contributed by atoms with Crippen molar-refractivity contribution in [3.63, 3.8) is 0 Å². The van der Waals surface area contributed by atoms with Gasteiger partial charge in [-0.2, -0.15) is 13.2 Å². The van der Waals surface area contributed by atoms with Crippen LogP contribution in [0.5, 0.6) is 0 Å². The number of fused-ring (bicyclic) bond motifs is 1. The summed E-state index contributed by atoms with van der Waals surface area (Å²) in [7, 11) is 0. The summed E-state index contributed by atoms with van der Waals surface area (Å²) in [6, 6.07) is 1.00. The molecule has 0 spiro atoms. The fourth-order valence-corrected chi connectivity index (χ4v) is 2.83. The quantitative estimate of drug-likeness (QED) is 0.488. The predicted octanol–water partition coefficient (Wildman–Crippen LogP) is 5.93. The molecule has 0 fully saturated rings. The molecule has 1 aromatic heterocycles. The molecule has 0 aliphatic heterocycles. The number of aliphatic imine (C=N–C) groups is 1. The number of unbranched alkanes of at least 4 members (excludes halogenated alkanes) is 2. The highest BCUT2D eigenvalue weighted by atomic mass is 35.5. The van der Waals surface area contributed by atoms with E-state index in [4.69, 9.17) is 11.6 Å². The largest absolute Gasteiger partial charge is 0.418 e. The number of aromatic nitrogens is 2. The van der Waals surface area contributed by atoms with Gasteiger partial charge in [-0.25, -0.2) is 4.98 Å². The van der Waals surface area contributed by atoms with Crippen LogP contribution >= 0.6 is 11.6 Å². The van der Waals surface area contributed by atoms with E-state index in [0.717, 1.165) is 18.9 Å². The summed E-state index contributed by atoms with van der Waals surface area (Å²) >= 11 is 6.05. The summed E-state index contributed by atoms with van der Waals surface area (Å²) in [6.07, 6.45) is -0.293. The first-order chi connectivity index (χ1) is 10.8. The number of nitrogens with zero attached hydrogens (tertiary/aromatic N) is 3. The molecule has 0 amide bonds. The molecule has 0 saturated heterocycles. The number of halogens is 4. The van der Waals surface area contributed by atoms with Crippen LogP contribution in [0.1, 0.15) is 44.5 Å². The molecule has 3 nitrogen and oxygen atoms in total. The van der Waals surface area contributed by atoms with Crippen LogP contribution in [0.25, 0.3) is 11.0 Å². The molecular weight excluding hydrogens is 327 g/mol. The van der Waals surface area contributed by atoms with Crippen molar-refractivity contribution in [2.24, 2.45) is 4.99 Å². The van der Waals surface area contributed by atoms with Gasteiger partial charge in [-0.15, -0.1) is 0 Å². The van der Waals surface area contributed by atoms with Gasteiger partial charge in [-0.05, 0) is 32.8 Å². The molecule has 0 bridgehead atoms. The minimum atomic E-state index is -4.54. The third-order valence-corrected chi connectivity index (χ3v) is 4.05. The zero-order valence-corrected chi connectivity index (χ0v) is 14.1. The van der Waals surface area contributed by atoms with E-state index < -0.39 is 11.7 Å². The van der Waals surface area contributed by atoms with Gasteiger partial charge in [0.1, 0.15) is 11.5 Å². The van der Waals surface area contributed by atoms with Crippen LogP contribution < -0.4 is 0 Å². The molecule has 7 heteroatoms. The third kappa shape index (κ3) is 3.52. The Morgan fingerprint density at radius 1 is 1.35 bits per heavy atom. The second kappa shape index (κ2) is 6.91. The van der Waals surface area contributed by atoms with Crippen molar-refractivity contribution in [3.05, 3.63) is 22.5 Å². The highest BCUT2D eigenvalue weighted by Gasteiger charge is 2.36. The zero-order chi connectivity index (χ0) is 17.2. The van der Waals surface area contributed by atoms with Gasteiger partial charge in [0.05, 0.1) is 21.6 Å². The van der Waals surface area contributed by atoms with Gasteiger partial charge < -0.3 is 4.57 Å². The predicted molar refractivity (Wildman–Crippen MR) is 87.8 cm³/mol. The molecule has 0 aliphatic rings. The Morgan fingerprint density at radius 3 is 2.61 bits per heavy atom. The van der Waals surface area contributed by atoms with Crippen LogP contribution in [0.2, 0.25) is 5.02 Å². The minimum absolute atomic E-state index is 0.148. The van der Waals surface area contributed by atoms with Gasteiger partial charge in [0.15, 0.2) is 0 Å². The van der Waals surface area contributed by atoms with Gasteiger partial charge in [-0.3, -0.25) is 4.99 Å². The van der Waals surface area contributed by atoms with Crippen LogP contribution in [-0.2, 0) is 12.7 Å².